The normalized spacial score (nSPS) is 11.9. The van der Waals surface area contributed by atoms with E-state index in [0.29, 0.717) is 6.54 Å². The number of amides is 1. The van der Waals surface area contributed by atoms with E-state index in [2.05, 4.69) is 5.32 Å². The third-order valence-electron chi connectivity index (χ3n) is 2.96. The first-order valence-electron chi connectivity index (χ1n) is 6.23. The molecule has 2 rings (SSSR count). The minimum Gasteiger partial charge on any atom is -0.496 e. The molecule has 0 radical (unpaired) electrons. The van der Waals surface area contributed by atoms with Gasteiger partial charge in [-0.25, -0.2) is 0 Å². The fourth-order valence-corrected chi connectivity index (χ4v) is 1.93. The summed E-state index contributed by atoms with van der Waals surface area (Å²) in [6.07, 6.45) is 1.17. The molecule has 106 valence electrons. The second-order valence-corrected chi connectivity index (χ2v) is 4.15. The molecule has 0 fully saturated rings. The number of rotatable bonds is 6. The zero-order valence-corrected chi connectivity index (χ0v) is 11.5. The molecule has 1 heterocycles. The van der Waals surface area contributed by atoms with Crippen molar-refractivity contribution in [3.05, 3.63) is 54.0 Å². The molecule has 0 saturated heterocycles. The van der Waals surface area contributed by atoms with Crippen LogP contribution in [0.4, 0.5) is 0 Å². The molecule has 0 aliphatic rings. The summed E-state index contributed by atoms with van der Waals surface area (Å²) in [5.74, 6) is 0.735. The van der Waals surface area contributed by atoms with E-state index in [-0.39, 0.29) is 17.8 Å². The minimum absolute atomic E-state index is 0.271. The van der Waals surface area contributed by atoms with Crippen LogP contribution in [0.25, 0.3) is 0 Å². The number of ether oxygens (including phenoxy) is 2. The van der Waals surface area contributed by atoms with Gasteiger partial charge in [-0.05, 0) is 18.2 Å². The van der Waals surface area contributed by atoms with E-state index in [1.165, 1.54) is 6.26 Å². The van der Waals surface area contributed by atoms with Crippen LogP contribution >= 0.6 is 0 Å². The maximum Gasteiger partial charge on any atom is 0.287 e. The second kappa shape index (κ2) is 6.77. The van der Waals surface area contributed by atoms with Crippen molar-refractivity contribution in [3.63, 3.8) is 0 Å². The van der Waals surface area contributed by atoms with Gasteiger partial charge in [0.15, 0.2) is 5.76 Å². The molecule has 1 aromatic carbocycles. The van der Waals surface area contributed by atoms with Crippen molar-refractivity contribution in [2.24, 2.45) is 0 Å². The first kappa shape index (κ1) is 14.1. The fraction of sp³-hybridized carbons (Fsp3) is 0.267. The Labute approximate surface area is 117 Å². The molecular weight excluding hydrogens is 258 g/mol. The highest BCUT2D eigenvalue weighted by atomic mass is 16.5. The number of methoxy groups -OCH3 is 2. The molecule has 20 heavy (non-hydrogen) atoms. The van der Waals surface area contributed by atoms with E-state index in [4.69, 9.17) is 13.9 Å². The number of nitrogens with one attached hydrogen (secondary N) is 1. The predicted octanol–water partition coefficient (Wildman–Crippen LogP) is 2.41. The second-order valence-electron chi connectivity index (χ2n) is 4.15. The van der Waals surface area contributed by atoms with Crippen molar-refractivity contribution in [2.75, 3.05) is 20.8 Å². The lowest BCUT2D eigenvalue weighted by molar-refractivity contribution is 0.0799. The smallest absolute Gasteiger partial charge is 0.287 e. The van der Waals surface area contributed by atoms with Gasteiger partial charge < -0.3 is 19.2 Å². The molecule has 1 atom stereocenters. The van der Waals surface area contributed by atoms with Crippen LogP contribution in [0.5, 0.6) is 5.75 Å². The maximum absolute atomic E-state index is 11.8. The number of carbonyl (C=O) groups excluding carboxylic acids is 1. The van der Waals surface area contributed by atoms with Gasteiger partial charge in [0.2, 0.25) is 0 Å². The lowest BCUT2D eigenvalue weighted by atomic mass is 10.1. The zero-order valence-electron chi connectivity index (χ0n) is 11.5. The molecule has 0 bridgehead atoms. The summed E-state index contributed by atoms with van der Waals surface area (Å²) in [5, 5.41) is 2.77. The quantitative estimate of drug-likeness (QED) is 0.879. The van der Waals surface area contributed by atoms with E-state index < -0.39 is 0 Å². The molecule has 1 aromatic heterocycles. The van der Waals surface area contributed by atoms with Crippen LogP contribution in [-0.4, -0.2) is 26.7 Å². The van der Waals surface area contributed by atoms with Gasteiger partial charge in [-0.3, -0.25) is 4.79 Å². The van der Waals surface area contributed by atoms with Crippen molar-refractivity contribution in [3.8, 4) is 5.75 Å². The molecule has 0 aliphatic carbocycles. The van der Waals surface area contributed by atoms with Gasteiger partial charge in [-0.1, -0.05) is 18.2 Å². The molecule has 0 aliphatic heterocycles. The van der Waals surface area contributed by atoms with Crippen LogP contribution in [0.2, 0.25) is 0 Å². The average molecular weight is 275 g/mol. The Hall–Kier alpha value is -2.27. The zero-order chi connectivity index (χ0) is 14.4. The Kier molecular flexibility index (Phi) is 4.79. The largest absolute Gasteiger partial charge is 0.496 e. The van der Waals surface area contributed by atoms with Gasteiger partial charge >= 0.3 is 0 Å². The Morgan fingerprint density at radius 2 is 2.05 bits per heavy atom. The Morgan fingerprint density at radius 1 is 1.25 bits per heavy atom. The number of furan rings is 1. The number of hydrogen-bond acceptors (Lipinski definition) is 4. The van der Waals surface area contributed by atoms with Gasteiger partial charge in [-0.15, -0.1) is 0 Å². The summed E-state index contributed by atoms with van der Waals surface area (Å²) in [6, 6.07) is 10.8. The fourth-order valence-electron chi connectivity index (χ4n) is 1.93. The average Bonchev–Trinajstić information content (AvgIpc) is 3.02. The molecular formula is C15H17NO4. The van der Waals surface area contributed by atoms with Gasteiger partial charge in [0.1, 0.15) is 11.9 Å². The number of hydrogen-bond donors (Lipinski definition) is 1. The summed E-state index contributed by atoms with van der Waals surface area (Å²) in [4.78, 5) is 11.8. The molecule has 1 N–H and O–H groups in total. The van der Waals surface area contributed by atoms with E-state index in [1.807, 2.05) is 24.3 Å². The number of benzene rings is 1. The standard InChI is InChI=1S/C15H17NO4/c1-18-12-7-4-3-6-11(12)14(19-2)10-16-15(17)13-8-5-9-20-13/h3-9,14H,10H2,1-2H3,(H,16,17). The first-order valence-corrected chi connectivity index (χ1v) is 6.23. The summed E-state index contributed by atoms with van der Waals surface area (Å²) in [6.45, 7) is 0.330. The van der Waals surface area contributed by atoms with E-state index in [0.717, 1.165) is 11.3 Å². The molecule has 0 spiro atoms. The molecule has 1 amide bonds. The Balaban J connectivity index is 2.04. The Morgan fingerprint density at radius 3 is 2.70 bits per heavy atom. The highest BCUT2D eigenvalue weighted by Gasteiger charge is 2.17. The lowest BCUT2D eigenvalue weighted by Crippen LogP contribution is -2.29. The van der Waals surface area contributed by atoms with Gasteiger partial charge in [0.25, 0.3) is 5.91 Å². The Bertz CT molecular complexity index is 551. The van der Waals surface area contributed by atoms with Crippen LogP contribution in [0, 0.1) is 0 Å². The van der Waals surface area contributed by atoms with Crippen LogP contribution < -0.4 is 10.1 Å². The van der Waals surface area contributed by atoms with Crippen LogP contribution in [0.15, 0.2) is 47.1 Å². The molecule has 5 heteroatoms. The lowest BCUT2D eigenvalue weighted by Gasteiger charge is -2.18. The highest BCUT2D eigenvalue weighted by molar-refractivity contribution is 5.91. The van der Waals surface area contributed by atoms with E-state index in [9.17, 15) is 4.79 Å². The molecule has 2 aromatic rings. The summed E-state index contributed by atoms with van der Waals surface area (Å²) >= 11 is 0. The van der Waals surface area contributed by atoms with E-state index in [1.54, 1.807) is 26.4 Å². The third kappa shape index (κ3) is 3.19. The first-order chi connectivity index (χ1) is 9.76. The van der Waals surface area contributed by atoms with Gasteiger partial charge in [0, 0.05) is 19.2 Å². The van der Waals surface area contributed by atoms with Crippen molar-refractivity contribution >= 4 is 5.91 Å². The van der Waals surface area contributed by atoms with Gasteiger partial charge in [0.05, 0.1) is 13.4 Å². The van der Waals surface area contributed by atoms with Crippen LogP contribution in [0.3, 0.4) is 0 Å². The van der Waals surface area contributed by atoms with Gasteiger partial charge in [-0.2, -0.15) is 0 Å². The van der Waals surface area contributed by atoms with Crippen molar-refractivity contribution in [1.29, 1.82) is 0 Å². The van der Waals surface area contributed by atoms with Crippen LogP contribution in [0.1, 0.15) is 22.2 Å². The molecule has 5 nitrogen and oxygen atoms in total. The number of para-hydroxylation sites is 1. The number of carbonyl (C=O) groups is 1. The van der Waals surface area contributed by atoms with Crippen LogP contribution in [-0.2, 0) is 4.74 Å². The molecule has 0 saturated carbocycles. The van der Waals surface area contributed by atoms with Crippen molar-refractivity contribution < 1.29 is 18.7 Å². The summed E-state index contributed by atoms with van der Waals surface area (Å²) < 4.78 is 15.8. The third-order valence-corrected chi connectivity index (χ3v) is 2.96. The van der Waals surface area contributed by atoms with Crippen molar-refractivity contribution in [2.45, 2.75) is 6.10 Å². The molecule has 1 unspecified atom stereocenters. The monoisotopic (exact) mass is 275 g/mol. The highest BCUT2D eigenvalue weighted by Crippen LogP contribution is 2.26. The van der Waals surface area contributed by atoms with E-state index >= 15 is 0 Å². The minimum atomic E-state index is -0.287. The summed E-state index contributed by atoms with van der Waals surface area (Å²) in [7, 11) is 3.20. The summed E-state index contributed by atoms with van der Waals surface area (Å²) in [5.41, 5.74) is 0.886. The topological polar surface area (TPSA) is 60.7 Å². The SMILES string of the molecule is COc1ccccc1C(CNC(=O)c1ccco1)OC. The van der Waals surface area contributed by atoms with Crippen molar-refractivity contribution in [1.82, 2.24) is 5.32 Å². The predicted molar refractivity (Wildman–Crippen MR) is 73.8 cm³/mol. The maximum atomic E-state index is 11.8.